The van der Waals surface area contributed by atoms with Gasteiger partial charge in [-0.05, 0) is 0 Å². The predicted molar refractivity (Wildman–Crippen MR) is 72.3 cm³/mol. The second-order valence-corrected chi connectivity index (χ2v) is 6.11. The van der Waals surface area contributed by atoms with Gasteiger partial charge >= 0.3 is 0 Å². The van der Waals surface area contributed by atoms with E-state index in [1.807, 2.05) is 0 Å². The topological polar surface area (TPSA) is 12.4 Å². The lowest BCUT2D eigenvalue weighted by atomic mass is 10.1. The molecule has 0 aliphatic carbocycles. The first kappa shape index (κ1) is 13.4. The molecule has 1 aliphatic rings. The summed E-state index contributed by atoms with van der Waals surface area (Å²) in [5, 5.41) is 0.426. The Kier molecular flexibility index (Phi) is 3.54. The molecule has 1 nitrogen and oxygen atoms in total. The molecular weight excluding hydrogens is 358 g/mol. The van der Waals surface area contributed by atoms with Gasteiger partial charge in [0.15, 0.2) is 0 Å². The van der Waals surface area contributed by atoms with Gasteiger partial charge in [0.05, 0.1) is 20.1 Å². The van der Waals surface area contributed by atoms with E-state index in [4.69, 9.17) is 81.2 Å². The molecule has 0 bridgehead atoms. The van der Waals surface area contributed by atoms with Crippen LogP contribution in [0.4, 0.5) is 0 Å². The first-order valence-corrected chi connectivity index (χ1v) is 6.42. The van der Waals surface area contributed by atoms with Crippen molar-refractivity contribution in [3.63, 3.8) is 0 Å². The summed E-state index contributed by atoms with van der Waals surface area (Å²) in [7, 11) is 0. The molecule has 86 valence electrons. The summed E-state index contributed by atoms with van der Waals surface area (Å²) in [6, 6.07) is 0. The highest BCUT2D eigenvalue weighted by atomic mass is 35.5. The molecule has 0 radical (unpaired) electrons. The van der Waals surface area contributed by atoms with Crippen LogP contribution in [0.25, 0.3) is 0 Å². The Labute approximate surface area is 126 Å². The van der Waals surface area contributed by atoms with Crippen LogP contribution in [0.5, 0.6) is 0 Å². The minimum Gasteiger partial charge on any atom is -0.229 e. The Hall–Kier alpha value is 0.920. The van der Waals surface area contributed by atoms with E-state index in [0.29, 0.717) is 5.56 Å². The number of hydrogen-bond donors (Lipinski definition) is 0. The van der Waals surface area contributed by atoms with Crippen molar-refractivity contribution in [2.45, 2.75) is 4.46 Å². The van der Waals surface area contributed by atoms with Crippen molar-refractivity contribution in [1.82, 2.24) is 0 Å². The van der Waals surface area contributed by atoms with Crippen molar-refractivity contribution in [3.8, 4) is 0 Å². The number of fused-ring (bicyclic) bond motifs is 1. The summed E-state index contributed by atoms with van der Waals surface area (Å²) in [6.07, 6.45) is 0. The van der Waals surface area contributed by atoms with Gasteiger partial charge in [0.25, 0.3) is 0 Å². The van der Waals surface area contributed by atoms with Gasteiger partial charge in [-0.15, -0.1) is 0 Å². The lowest BCUT2D eigenvalue weighted by Gasteiger charge is -2.15. The Balaban J connectivity index is 2.92. The highest BCUT2D eigenvalue weighted by Gasteiger charge is 2.41. The van der Waals surface area contributed by atoms with Crippen LogP contribution >= 0.6 is 81.2 Å². The summed E-state index contributed by atoms with van der Waals surface area (Å²) >= 11 is 41.5. The zero-order valence-corrected chi connectivity index (χ0v) is 12.4. The van der Waals surface area contributed by atoms with Crippen LogP contribution < -0.4 is 0 Å². The van der Waals surface area contributed by atoms with Crippen LogP contribution in [0.1, 0.15) is 11.1 Å². The molecule has 0 N–H and O–H groups in total. The minimum atomic E-state index is -1.60. The molecule has 8 heteroatoms. The average Bonchev–Trinajstić information content (AvgIpc) is 2.42. The van der Waals surface area contributed by atoms with Gasteiger partial charge in [-0.3, -0.25) is 0 Å². The van der Waals surface area contributed by atoms with Gasteiger partial charge in [-0.1, -0.05) is 81.2 Å². The zero-order valence-electron chi connectivity index (χ0n) is 7.09. The summed E-state index contributed by atoms with van der Waals surface area (Å²) in [5.74, 6) is 0. The Morgan fingerprint density at radius 3 is 1.81 bits per heavy atom. The van der Waals surface area contributed by atoms with E-state index in [2.05, 4.69) is 4.99 Å². The van der Waals surface area contributed by atoms with Crippen LogP contribution in [0.2, 0.25) is 20.1 Å². The lowest BCUT2D eigenvalue weighted by Crippen LogP contribution is -2.05. The molecule has 0 aromatic heterocycles. The third-order valence-corrected chi connectivity index (χ3v) is 4.64. The normalized spacial score (nSPS) is 17.3. The number of nitrogens with zero attached hydrogens (tertiary/aromatic N) is 1. The van der Waals surface area contributed by atoms with Gasteiger partial charge in [-0.25, -0.2) is 4.99 Å². The molecule has 0 unspecified atom stereocenters. The van der Waals surface area contributed by atoms with Gasteiger partial charge in [0.2, 0.25) is 4.46 Å². The third-order valence-electron chi connectivity index (χ3n) is 2.01. The molecule has 0 amide bonds. The molecule has 0 fully saturated rings. The van der Waals surface area contributed by atoms with E-state index in [1.54, 1.807) is 0 Å². The van der Waals surface area contributed by atoms with Crippen molar-refractivity contribution in [3.05, 3.63) is 31.2 Å². The summed E-state index contributed by atoms with van der Waals surface area (Å²) < 4.78 is -1.60. The lowest BCUT2D eigenvalue weighted by molar-refractivity contribution is 0.949. The number of hydrogen-bond acceptors (Lipinski definition) is 1. The SMILES string of the molecule is ClC1=NC(Cl)(Cl)c2c(Cl)c(Cl)c(Cl)c(Cl)c21. The van der Waals surface area contributed by atoms with Crippen LogP contribution in [-0.4, -0.2) is 5.17 Å². The highest BCUT2D eigenvalue weighted by Crippen LogP contribution is 2.53. The standard InChI is InChI=1S/C8Cl7N/c9-3-1-2(4(10)6(12)5(3)11)8(14,15)16-7(1)13. The van der Waals surface area contributed by atoms with E-state index in [-0.39, 0.29) is 30.8 Å². The molecule has 2 rings (SSSR count). The van der Waals surface area contributed by atoms with E-state index in [1.165, 1.54) is 0 Å². The summed E-state index contributed by atoms with van der Waals surface area (Å²) in [6.45, 7) is 0. The van der Waals surface area contributed by atoms with E-state index in [0.717, 1.165) is 0 Å². The maximum absolute atomic E-state index is 5.99. The second kappa shape index (κ2) is 4.24. The number of halogens is 7. The van der Waals surface area contributed by atoms with Crippen molar-refractivity contribution in [2.75, 3.05) is 0 Å². The first-order valence-electron chi connectivity index (χ1n) is 3.77. The Bertz CT molecular complexity index is 520. The first-order chi connectivity index (χ1) is 7.27. The largest absolute Gasteiger partial charge is 0.237 e. The highest BCUT2D eigenvalue weighted by molar-refractivity contribution is 6.73. The quantitative estimate of drug-likeness (QED) is 0.237. The second-order valence-electron chi connectivity index (χ2n) is 2.95. The van der Waals surface area contributed by atoms with Gasteiger partial charge < -0.3 is 0 Å². The van der Waals surface area contributed by atoms with E-state index < -0.39 is 4.46 Å². The minimum absolute atomic E-state index is 0.0467. The number of aliphatic imine (C=N–C) groups is 1. The van der Waals surface area contributed by atoms with Crippen molar-refractivity contribution in [2.24, 2.45) is 4.99 Å². The molecule has 0 saturated heterocycles. The van der Waals surface area contributed by atoms with Gasteiger partial charge in [0, 0.05) is 11.1 Å². The maximum atomic E-state index is 5.99. The number of benzene rings is 1. The molecule has 0 saturated carbocycles. The van der Waals surface area contributed by atoms with Gasteiger partial charge in [-0.2, -0.15) is 0 Å². The maximum Gasteiger partial charge on any atom is 0.237 e. The van der Waals surface area contributed by atoms with Gasteiger partial charge in [0.1, 0.15) is 5.17 Å². The third kappa shape index (κ3) is 1.81. The summed E-state index contributed by atoms with van der Waals surface area (Å²) in [5.41, 5.74) is 0.564. The van der Waals surface area contributed by atoms with Crippen molar-refractivity contribution < 1.29 is 0 Å². The molecule has 1 heterocycles. The Morgan fingerprint density at radius 2 is 1.25 bits per heavy atom. The van der Waals surface area contributed by atoms with E-state index in [9.17, 15) is 0 Å². The predicted octanol–water partition coefficient (Wildman–Crippen LogP) is 5.89. The monoisotopic (exact) mass is 355 g/mol. The van der Waals surface area contributed by atoms with Crippen LogP contribution in [0.3, 0.4) is 0 Å². The fraction of sp³-hybridized carbons (Fsp3) is 0.125. The zero-order chi connectivity index (χ0) is 12.2. The van der Waals surface area contributed by atoms with Crippen LogP contribution in [0, 0.1) is 0 Å². The Morgan fingerprint density at radius 1 is 0.750 bits per heavy atom. The molecule has 0 atom stereocenters. The van der Waals surface area contributed by atoms with Crippen molar-refractivity contribution in [1.29, 1.82) is 0 Å². The van der Waals surface area contributed by atoms with Crippen molar-refractivity contribution >= 4 is 86.4 Å². The fourth-order valence-corrected chi connectivity index (χ4v) is 3.52. The number of alkyl halides is 2. The van der Waals surface area contributed by atoms with Crippen LogP contribution in [0.15, 0.2) is 4.99 Å². The smallest absolute Gasteiger partial charge is 0.229 e. The van der Waals surface area contributed by atoms with Crippen LogP contribution in [-0.2, 0) is 4.46 Å². The summed E-state index contributed by atoms with van der Waals surface area (Å²) in [4.78, 5) is 3.82. The number of rotatable bonds is 0. The average molecular weight is 358 g/mol. The van der Waals surface area contributed by atoms with E-state index >= 15 is 0 Å². The fourth-order valence-electron chi connectivity index (χ4n) is 1.34. The molecule has 1 aromatic carbocycles. The molecule has 1 aliphatic heterocycles. The molecule has 16 heavy (non-hydrogen) atoms. The molecule has 0 spiro atoms. The molecule has 1 aromatic rings. The molecular formula is C8Cl7N.